The zero-order valence-electron chi connectivity index (χ0n) is 19.7. The van der Waals surface area contributed by atoms with E-state index in [9.17, 15) is 14.0 Å². The van der Waals surface area contributed by atoms with Gasteiger partial charge in [-0.05, 0) is 42.0 Å². The SMILES string of the molecule is O=C(NC[C@H](c1ccc2c(c1)OCO2)N1CCN(c2ccccc2)CC1)C(=O)Nc1ccccc1F. The Morgan fingerprint density at radius 2 is 1.58 bits per heavy atom. The van der Waals surface area contributed by atoms with Crippen molar-refractivity contribution in [1.82, 2.24) is 10.2 Å². The van der Waals surface area contributed by atoms with Gasteiger partial charge in [0.25, 0.3) is 0 Å². The number of piperazine rings is 1. The summed E-state index contributed by atoms with van der Waals surface area (Å²) in [5.74, 6) is -1.01. The van der Waals surface area contributed by atoms with E-state index in [2.05, 4.69) is 32.6 Å². The lowest BCUT2D eigenvalue weighted by molar-refractivity contribution is -0.136. The highest BCUT2D eigenvalue weighted by atomic mass is 19.1. The highest BCUT2D eigenvalue weighted by molar-refractivity contribution is 6.39. The van der Waals surface area contributed by atoms with E-state index in [-0.39, 0.29) is 25.1 Å². The predicted molar refractivity (Wildman–Crippen MR) is 134 cm³/mol. The minimum Gasteiger partial charge on any atom is -0.454 e. The number of nitrogens with zero attached hydrogens (tertiary/aromatic N) is 2. The number of carbonyl (C=O) groups excluding carboxylic acids is 2. The van der Waals surface area contributed by atoms with Crippen LogP contribution in [0.4, 0.5) is 15.8 Å². The number of hydrogen-bond acceptors (Lipinski definition) is 6. The van der Waals surface area contributed by atoms with Crippen LogP contribution in [0.5, 0.6) is 11.5 Å². The molecule has 3 aromatic carbocycles. The monoisotopic (exact) mass is 490 g/mol. The molecule has 3 aromatic rings. The van der Waals surface area contributed by atoms with E-state index in [1.165, 1.54) is 23.9 Å². The van der Waals surface area contributed by atoms with Gasteiger partial charge in [-0.3, -0.25) is 14.5 Å². The summed E-state index contributed by atoms with van der Waals surface area (Å²) in [4.78, 5) is 29.6. The number of carbonyl (C=O) groups is 2. The van der Waals surface area contributed by atoms with Gasteiger partial charge in [-0.2, -0.15) is 0 Å². The molecule has 36 heavy (non-hydrogen) atoms. The number of para-hydroxylation sites is 2. The summed E-state index contributed by atoms with van der Waals surface area (Å²) in [7, 11) is 0. The number of fused-ring (bicyclic) bond motifs is 1. The summed E-state index contributed by atoms with van der Waals surface area (Å²) in [6, 6.07) is 21.5. The second kappa shape index (κ2) is 10.7. The smallest absolute Gasteiger partial charge is 0.313 e. The van der Waals surface area contributed by atoms with E-state index in [4.69, 9.17) is 9.47 Å². The van der Waals surface area contributed by atoms with Crippen LogP contribution in [0.25, 0.3) is 0 Å². The molecule has 0 spiro atoms. The van der Waals surface area contributed by atoms with Gasteiger partial charge >= 0.3 is 11.8 Å². The standard InChI is InChI=1S/C27H27FN4O4/c28-21-8-4-5-9-22(21)30-27(34)26(33)29-17-23(19-10-11-24-25(16-19)36-18-35-24)32-14-12-31(13-15-32)20-6-2-1-3-7-20/h1-11,16,23H,12-15,17-18H2,(H,29,33)(H,30,34)/t23-/m1/s1. The van der Waals surface area contributed by atoms with Gasteiger partial charge in [-0.1, -0.05) is 36.4 Å². The van der Waals surface area contributed by atoms with Crippen molar-refractivity contribution in [3.63, 3.8) is 0 Å². The van der Waals surface area contributed by atoms with Crippen LogP contribution in [0.3, 0.4) is 0 Å². The predicted octanol–water partition coefficient (Wildman–Crippen LogP) is 3.17. The Kier molecular flexibility index (Phi) is 6.99. The molecule has 0 radical (unpaired) electrons. The fourth-order valence-electron chi connectivity index (χ4n) is 4.52. The van der Waals surface area contributed by atoms with Crippen molar-refractivity contribution in [2.45, 2.75) is 6.04 Å². The lowest BCUT2D eigenvalue weighted by atomic mass is 10.0. The zero-order chi connectivity index (χ0) is 24.9. The van der Waals surface area contributed by atoms with Gasteiger partial charge in [0.05, 0.1) is 11.7 Å². The van der Waals surface area contributed by atoms with Crippen LogP contribution in [0.15, 0.2) is 72.8 Å². The molecule has 0 bridgehead atoms. The van der Waals surface area contributed by atoms with E-state index >= 15 is 0 Å². The molecule has 9 heteroatoms. The van der Waals surface area contributed by atoms with Crippen molar-refractivity contribution < 1.29 is 23.5 Å². The Morgan fingerprint density at radius 1 is 0.861 bits per heavy atom. The molecule has 8 nitrogen and oxygen atoms in total. The maximum atomic E-state index is 13.9. The number of benzene rings is 3. The van der Waals surface area contributed by atoms with Crippen LogP contribution in [0.2, 0.25) is 0 Å². The Labute approximate surface area is 208 Å². The molecule has 2 aliphatic heterocycles. The van der Waals surface area contributed by atoms with Crippen molar-refractivity contribution in [3.8, 4) is 11.5 Å². The number of ether oxygens (including phenoxy) is 2. The topological polar surface area (TPSA) is 83.1 Å². The zero-order valence-corrected chi connectivity index (χ0v) is 19.7. The van der Waals surface area contributed by atoms with Gasteiger partial charge in [0.1, 0.15) is 5.82 Å². The van der Waals surface area contributed by atoms with E-state index in [0.29, 0.717) is 11.5 Å². The fourth-order valence-corrected chi connectivity index (χ4v) is 4.52. The summed E-state index contributed by atoms with van der Waals surface area (Å²) in [6.07, 6.45) is 0. The molecule has 1 saturated heterocycles. The number of nitrogens with one attached hydrogen (secondary N) is 2. The summed E-state index contributed by atoms with van der Waals surface area (Å²) >= 11 is 0. The third kappa shape index (κ3) is 5.26. The van der Waals surface area contributed by atoms with Crippen molar-refractivity contribution in [2.75, 3.05) is 49.7 Å². The highest BCUT2D eigenvalue weighted by Crippen LogP contribution is 2.35. The van der Waals surface area contributed by atoms with Crippen LogP contribution in [0, 0.1) is 5.82 Å². The second-order valence-electron chi connectivity index (χ2n) is 8.63. The summed E-state index contributed by atoms with van der Waals surface area (Å²) in [5.41, 5.74) is 2.08. The van der Waals surface area contributed by atoms with Crippen LogP contribution in [-0.2, 0) is 9.59 Å². The Bertz CT molecular complexity index is 1230. The van der Waals surface area contributed by atoms with Gasteiger partial charge < -0.3 is 25.0 Å². The molecular formula is C27H27FN4O4. The normalized spacial score (nSPS) is 15.9. The first kappa shape index (κ1) is 23.6. The van der Waals surface area contributed by atoms with Crippen LogP contribution < -0.4 is 25.0 Å². The summed E-state index contributed by atoms with van der Waals surface area (Å²) in [5, 5.41) is 5.06. The summed E-state index contributed by atoms with van der Waals surface area (Å²) in [6.45, 7) is 3.57. The first-order chi connectivity index (χ1) is 17.6. The Hall–Kier alpha value is -4.11. The Morgan fingerprint density at radius 3 is 2.36 bits per heavy atom. The lowest BCUT2D eigenvalue weighted by Crippen LogP contribution is -2.50. The molecule has 2 N–H and O–H groups in total. The quantitative estimate of drug-likeness (QED) is 0.517. The van der Waals surface area contributed by atoms with Gasteiger partial charge in [-0.25, -0.2) is 4.39 Å². The molecule has 2 aliphatic rings. The van der Waals surface area contributed by atoms with Crippen molar-refractivity contribution in [3.05, 3.63) is 84.2 Å². The molecule has 186 valence electrons. The molecular weight excluding hydrogens is 463 g/mol. The number of anilines is 2. The molecule has 0 aromatic heterocycles. The lowest BCUT2D eigenvalue weighted by Gasteiger charge is -2.40. The average molecular weight is 491 g/mol. The largest absolute Gasteiger partial charge is 0.454 e. The van der Waals surface area contributed by atoms with E-state index < -0.39 is 17.6 Å². The highest BCUT2D eigenvalue weighted by Gasteiger charge is 2.28. The second-order valence-corrected chi connectivity index (χ2v) is 8.63. The summed E-state index contributed by atoms with van der Waals surface area (Å²) < 4.78 is 24.9. The van der Waals surface area contributed by atoms with E-state index in [0.717, 1.165) is 31.7 Å². The number of rotatable bonds is 6. The maximum absolute atomic E-state index is 13.9. The van der Waals surface area contributed by atoms with Gasteiger partial charge in [0, 0.05) is 38.4 Å². The number of amides is 2. The molecule has 2 heterocycles. The minimum absolute atomic E-state index is 0.0398. The minimum atomic E-state index is -0.918. The first-order valence-corrected chi connectivity index (χ1v) is 11.9. The third-order valence-corrected chi connectivity index (χ3v) is 6.44. The van der Waals surface area contributed by atoms with E-state index in [1.54, 1.807) is 6.07 Å². The van der Waals surface area contributed by atoms with E-state index in [1.807, 2.05) is 36.4 Å². The molecule has 0 saturated carbocycles. The van der Waals surface area contributed by atoms with Crippen LogP contribution in [0.1, 0.15) is 11.6 Å². The van der Waals surface area contributed by atoms with Crippen LogP contribution in [-0.4, -0.2) is 56.2 Å². The Balaban J connectivity index is 1.28. The molecule has 1 fully saturated rings. The molecule has 2 amide bonds. The third-order valence-electron chi connectivity index (χ3n) is 6.44. The van der Waals surface area contributed by atoms with Crippen molar-refractivity contribution >= 4 is 23.2 Å². The van der Waals surface area contributed by atoms with Crippen LogP contribution >= 0.6 is 0 Å². The van der Waals surface area contributed by atoms with Gasteiger partial charge in [-0.15, -0.1) is 0 Å². The van der Waals surface area contributed by atoms with Gasteiger partial charge in [0.15, 0.2) is 11.5 Å². The number of hydrogen-bond donors (Lipinski definition) is 2. The number of halogens is 1. The molecule has 0 aliphatic carbocycles. The average Bonchev–Trinajstić information content (AvgIpc) is 3.39. The molecule has 1 atom stereocenters. The van der Waals surface area contributed by atoms with Gasteiger partial charge in [0.2, 0.25) is 6.79 Å². The maximum Gasteiger partial charge on any atom is 0.313 e. The van der Waals surface area contributed by atoms with Crippen molar-refractivity contribution in [2.24, 2.45) is 0 Å². The molecule has 0 unspecified atom stereocenters. The first-order valence-electron chi connectivity index (χ1n) is 11.9. The molecule has 5 rings (SSSR count). The van der Waals surface area contributed by atoms with Crippen molar-refractivity contribution in [1.29, 1.82) is 0 Å². The fraction of sp³-hybridized carbons (Fsp3) is 0.259.